The van der Waals surface area contributed by atoms with E-state index in [0.717, 1.165) is 4.90 Å². The summed E-state index contributed by atoms with van der Waals surface area (Å²) in [7, 11) is 1.39. The first kappa shape index (κ1) is 12.5. The molecule has 1 rings (SSSR count). The third kappa shape index (κ3) is 2.50. The van der Waals surface area contributed by atoms with E-state index in [4.69, 9.17) is 14.9 Å². The number of β-amino-alcohol motifs (C(OH)–C–C–N with tert-alkyl or cyclic N) is 1. The predicted octanol–water partition coefficient (Wildman–Crippen LogP) is -0.633. The third-order valence-corrected chi connectivity index (χ3v) is 2.33. The highest BCUT2D eigenvalue weighted by molar-refractivity contribution is 5.88. The minimum Gasteiger partial charge on any atom is -0.478 e. The standard InChI is InChI=1S/C9H13NO6/c1-16-4-5-2-6(8(12)13)7(11)3-10(5)9(14)15/h2,5,7,11H,3-4H2,1H3,(H,12,13)(H,14,15). The van der Waals surface area contributed by atoms with Crippen molar-refractivity contribution in [2.45, 2.75) is 12.1 Å². The number of carboxylic acid groups (broad SMARTS) is 2. The van der Waals surface area contributed by atoms with Crippen molar-refractivity contribution in [2.75, 3.05) is 20.3 Å². The molecule has 1 aliphatic heterocycles. The summed E-state index contributed by atoms with van der Waals surface area (Å²) < 4.78 is 4.80. The molecule has 0 spiro atoms. The van der Waals surface area contributed by atoms with Crippen LogP contribution in [0, 0.1) is 0 Å². The smallest absolute Gasteiger partial charge is 0.407 e. The highest BCUT2D eigenvalue weighted by atomic mass is 16.5. The Morgan fingerprint density at radius 3 is 2.62 bits per heavy atom. The second kappa shape index (κ2) is 4.95. The van der Waals surface area contributed by atoms with Crippen LogP contribution in [-0.4, -0.2) is 64.7 Å². The van der Waals surface area contributed by atoms with Gasteiger partial charge in [0.25, 0.3) is 0 Å². The molecule has 0 bridgehead atoms. The molecule has 0 fully saturated rings. The summed E-state index contributed by atoms with van der Waals surface area (Å²) in [6, 6.07) is -0.683. The predicted molar refractivity (Wildman–Crippen MR) is 52.1 cm³/mol. The maximum Gasteiger partial charge on any atom is 0.407 e. The minimum atomic E-state index is -1.30. The van der Waals surface area contributed by atoms with Crippen molar-refractivity contribution in [3.8, 4) is 0 Å². The number of methoxy groups -OCH3 is 1. The average Bonchev–Trinajstić information content (AvgIpc) is 2.19. The first-order valence-corrected chi connectivity index (χ1v) is 4.59. The van der Waals surface area contributed by atoms with Gasteiger partial charge in [0.05, 0.1) is 24.8 Å². The Kier molecular flexibility index (Phi) is 3.86. The van der Waals surface area contributed by atoms with Crippen LogP contribution < -0.4 is 0 Å². The molecule has 7 heteroatoms. The number of aliphatic hydroxyl groups is 1. The van der Waals surface area contributed by atoms with Gasteiger partial charge in [-0.25, -0.2) is 9.59 Å². The fraction of sp³-hybridized carbons (Fsp3) is 0.556. The second-order valence-corrected chi connectivity index (χ2v) is 3.40. The number of carbonyl (C=O) groups is 2. The van der Waals surface area contributed by atoms with Crippen molar-refractivity contribution < 1.29 is 29.6 Å². The molecule has 3 N–H and O–H groups in total. The van der Waals surface area contributed by atoms with Crippen LogP contribution >= 0.6 is 0 Å². The van der Waals surface area contributed by atoms with Gasteiger partial charge in [-0.1, -0.05) is 0 Å². The number of ether oxygens (including phenoxy) is 1. The molecule has 1 heterocycles. The first-order chi connectivity index (χ1) is 7.47. The molecule has 0 aromatic heterocycles. The third-order valence-electron chi connectivity index (χ3n) is 2.33. The summed E-state index contributed by atoms with van der Waals surface area (Å²) in [5, 5.41) is 27.1. The molecule has 0 saturated carbocycles. The Morgan fingerprint density at radius 1 is 1.56 bits per heavy atom. The van der Waals surface area contributed by atoms with Crippen LogP contribution in [-0.2, 0) is 9.53 Å². The van der Waals surface area contributed by atoms with E-state index in [1.165, 1.54) is 13.2 Å². The quantitative estimate of drug-likeness (QED) is 0.596. The molecule has 1 amide bonds. The van der Waals surface area contributed by atoms with Crippen molar-refractivity contribution in [1.82, 2.24) is 4.90 Å². The van der Waals surface area contributed by atoms with Crippen LogP contribution in [0.5, 0.6) is 0 Å². The highest BCUT2D eigenvalue weighted by Crippen LogP contribution is 2.17. The van der Waals surface area contributed by atoms with E-state index in [1.807, 2.05) is 0 Å². The summed E-state index contributed by atoms with van der Waals surface area (Å²) in [6.45, 7) is -0.211. The second-order valence-electron chi connectivity index (χ2n) is 3.40. The van der Waals surface area contributed by atoms with Crippen LogP contribution in [0.3, 0.4) is 0 Å². The van der Waals surface area contributed by atoms with Crippen molar-refractivity contribution in [3.05, 3.63) is 11.6 Å². The molecule has 2 atom stereocenters. The number of amides is 1. The van der Waals surface area contributed by atoms with Crippen LogP contribution in [0.4, 0.5) is 4.79 Å². The van der Waals surface area contributed by atoms with E-state index < -0.39 is 24.2 Å². The van der Waals surface area contributed by atoms with Crippen LogP contribution in [0.25, 0.3) is 0 Å². The van der Waals surface area contributed by atoms with Gasteiger partial charge in [-0.3, -0.25) is 4.90 Å². The molecule has 1 aliphatic rings. The van der Waals surface area contributed by atoms with E-state index in [-0.39, 0.29) is 18.7 Å². The van der Waals surface area contributed by atoms with Gasteiger partial charge in [0.2, 0.25) is 0 Å². The Morgan fingerprint density at radius 2 is 2.19 bits per heavy atom. The normalized spacial score (nSPS) is 25.1. The monoisotopic (exact) mass is 231 g/mol. The zero-order valence-corrected chi connectivity index (χ0v) is 8.66. The largest absolute Gasteiger partial charge is 0.478 e. The molecule has 16 heavy (non-hydrogen) atoms. The van der Waals surface area contributed by atoms with Crippen LogP contribution in [0.2, 0.25) is 0 Å². The summed E-state index contributed by atoms with van der Waals surface area (Å²) in [6.07, 6.45) is -1.32. The zero-order chi connectivity index (χ0) is 12.3. The van der Waals surface area contributed by atoms with Crippen LogP contribution in [0.15, 0.2) is 11.6 Å². The summed E-state index contributed by atoms with van der Waals surface area (Å²) in [4.78, 5) is 22.5. The van der Waals surface area contributed by atoms with Crippen molar-refractivity contribution in [3.63, 3.8) is 0 Å². The highest BCUT2D eigenvalue weighted by Gasteiger charge is 2.33. The molecule has 0 radical (unpaired) electrons. The Hall–Kier alpha value is -1.60. The lowest BCUT2D eigenvalue weighted by Crippen LogP contribution is -2.50. The fourth-order valence-electron chi connectivity index (χ4n) is 1.57. The molecule has 7 nitrogen and oxygen atoms in total. The van der Waals surface area contributed by atoms with E-state index in [9.17, 15) is 14.7 Å². The lowest BCUT2D eigenvalue weighted by molar-refractivity contribution is -0.134. The number of hydrogen-bond donors (Lipinski definition) is 3. The lowest BCUT2D eigenvalue weighted by Gasteiger charge is -2.33. The molecular formula is C9H13NO6. The van der Waals surface area contributed by atoms with Gasteiger partial charge in [-0.2, -0.15) is 0 Å². The minimum absolute atomic E-state index is 0.0514. The fourth-order valence-corrected chi connectivity index (χ4v) is 1.57. The lowest BCUT2D eigenvalue weighted by atomic mass is 10.0. The zero-order valence-electron chi connectivity index (χ0n) is 8.66. The van der Waals surface area contributed by atoms with Gasteiger partial charge in [-0.05, 0) is 6.08 Å². The number of rotatable bonds is 3. The topological polar surface area (TPSA) is 107 Å². The average molecular weight is 231 g/mol. The molecule has 0 saturated heterocycles. The molecular weight excluding hydrogens is 218 g/mol. The molecule has 0 aliphatic carbocycles. The van der Waals surface area contributed by atoms with Crippen molar-refractivity contribution >= 4 is 12.1 Å². The maximum atomic E-state index is 10.8. The Labute approximate surface area is 91.5 Å². The number of hydrogen-bond acceptors (Lipinski definition) is 4. The van der Waals surface area contributed by atoms with Gasteiger partial charge in [0.1, 0.15) is 6.10 Å². The van der Waals surface area contributed by atoms with Gasteiger partial charge in [0.15, 0.2) is 0 Å². The Balaban J connectivity index is 2.96. The SMILES string of the molecule is COCC1C=C(C(=O)O)C(O)CN1C(=O)O. The van der Waals surface area contributed by atoms with Gasteiger partial charge < -0.3 is 20.1 Å². The number of aliphatic carboxylic acids is 1. The van der Waals surface area contributed by atoms with Gasteiger partial charge >= 0.3 is 12.1 Å². The molecule has 0 aromatic rings. The summed E-state index contributed by atoms with van der Waals surface area (Å²) in [5.74, 6) is -1.25. The van der Waals surface area contributed by atoms with E-state index in [2.05, 4.69) is 0 Å². The molecule has 0 aromatic carbocycles. The van der Waals surface area contributed by atoms with Gasteiger partial charge in [-0.15, -0.1) is 0 Å². The summed E-state index contributed by atoms with van der Waals surface area (Å²) in [5.41, 5.74) is -0.195. The number of carboxylic acids is 1. The van der Waals surface area contributed by atoms with E-state index >= 15 is 0 Å². The van der Waals surface area contributed by atoms with E-state index in [0.29, 0.717) is 0 Å². The molecule has 2 unspecified atom stereocenters. The maximum absolute atomic E-state index is 10.8. The van der Waals surface area contributed by atoms with Crippen molar-refractivity contribution in [1.29, 1.82) is 0 Å². The number of aliphatic hydroxyl groups excluding tert-OH is 1. The number of nitrogens with zero attached hydrogens (tertiary/aromatic N) is 1. The molecule has 90 valence electrons. The van der Waals surface area contributed by atoms with Crippen LogP contribution in [0.1, 0.15) is 0 Å². The van der Waals surface area contributed by atoms with Crippen molar-refractivity contribution in [2.24, 2.45) is 0 Å². The van der Waals surface area contributed by atoms with Gasteiger partial charge in [0, 0.05) is 7.11 Å². The first-order valence-electron chi connectivity index (χ1n) is 4.59. The Bertz CT molecular complexity index is 326. The summed E-state index contributed by atoms with van der Waals surface area (Å²) >= 11 is 0. The van der Waals surface area contributed by atoms with E-state index in [1.54, 1.807) is 0 Å².